The molecule has 1 rings (SSSR count). The van der Waals surface area contributed by atoms with E-state index in [1.807, 2.05) is 0 Å². The van der Waals surface area contributed by atoms with Gasteiger partial charge in [0.1, 0.15) is 11.6 Å². The van der Waals surface area contributed by atoms with Gasteiger partial charge >= 0.3 is 5.97 Å². The minimum absolute atomic E-state index is 0.195. The van der Waals surface area contributed by atoms with E-state index in [4.69, 9.17) is 9.84 Å². The van der Waals surface area contributed by atoms with Crippen LogP contribution in [0.5, 0.6) is 5.75 Å². The second-order valence-corrected chi connectivity index (χ2v) is 4.64. The Morgan fingerprint density at radius 3 is 2.50 bits per heavy atom. The molecule has 0 bridgehead atoms. The summed E-state index contributed by atoms with van der Waals surface area (Å²) in [5.41, 5.74) is 0. The molecule has 0 spiro atoms. The van der Waals surface area contributed by atoms with Gasteiger partial charge in [0.25, 0.3) is 0 Å². The summed E-state index contributed by atoms with van der Waals surface area (Å²) >= 11 is 3.11. The van der Waals surface area contributed by atoms with Gasteiger partial charge in [0, 0.05) is 16.5 Å². The van der Waals surface area contributed by atoms with Crippen LogP contribution in [-0.2, 0) is 4.79 Å². The lowest BCUT2D eigenvalue weighted by Gasteiger charge is -2.18. The fourth-order valence-electron chi connectivity index (χ4n) is 1.21. The molecule has 0 aromatic heterocycles. The maximum absolute atomic E-state index is 13.0. The zero-order chi connectivity index (χ0) is 12.3. The molecule has 0 heterocycles. The Morgan fingerprint density at radius 1 is 1.44 bits per heavy atom. The van der Waals surface area contributed by atoms with Crippen molar-refractivity contribution in [2.24, 2.45) is 5.92 Å². The van der Waals surface area contributed by atoms with Crippen molar-refractivity contribution in [2.45, 2.75) is 20.0 Å². The molecule has 1 aromatic carbocycles. The second kappa shape index (κ2) is 5.30. The third-order valence-electron chi connectivity index (χ3n) is 1.95. The number of hydrogen-bond donors (Lipinski definition) is 1. The Labute approximate surface area is 101 Å². The van der Waals surface area contributed by atoms with Crippen molar-refractivity contribution in [3.05, 3.63) is 28.5 Å². The number of ether oxygens (including phenoxy) is 1. The molecule has 0 fully saturated rings. The topological polar surface area (TPSA) is 46.5 Å². The maximum atomic E-state index is 13.0. The molecular weight excluding hydrogens is 279 g/mol. The van der Waals surface area contributed by atoms with E-state index in [0.717, 1.165) is 6.07 Å². The van der Waals surface area contributed by atoms with E-state index in [0.29, 0.717) is 4.47 Å². The van der Waals surface area contributed by atoms with Crippen LogP contribution in [0.25, 0.3) is 0 Å². The molecule has 1 aromatic rings. The van der Waals surface area contributed by atoms with Crippen molar-refractivity contribution in [3.63, 3.8) is 0 Å². The van der Waals surface area contributed by atoms with Crippen LogP contribution in [0.1, 0.15) is 13.8 Å². The zero-order valence-electron chi connectivity index (χ0n) is 8.91. The number of carboxylic acids is 1. The number of aliphatic carboxylic acids is 1. The number of carboxylic acid groups (broad SMARTS) is 1. The van der Waals surface area contributed by atoms with Gasteiger partial charge in [-0.3, -0.25) is 0 Å². The number of halogens is 2. The Bertz CT molecular complexity index is 373. The van der Waals surface area contributed by atoms with Gasteiger partial charge in [-0.05, 0) is 12.1 Å². The van der Waals surface area contributed by atoms with Crippen LogP contribution in [-0.4, -0.2) is 17.2 Å². The Balaban J connectivity index is 2.89. The highest BCUT2D eigenvalue weighted by Crippen LogP contribution is 2.23. The summed E-state index contributed by atoms with van der Waals surface area (Å²) < 4.78 is 18.8. The summed E-state index contributed by atoms with van der Waals surface area (Å²) in [6.07, 6.45) is -0.978. The van der Waals surface area contributed by atoms with E-state index < -0.39 is 17.9 Å². The fraction of sp³-hybridized carbons (Fsp3) is 0.364. The van der Waals surface area contributed by atoms with Crippen molar-refractivity contribution in [1.82, 2.24) is 0 Å². The molecule has 1 atom stereocenters. The molecule has 16 heavy (non-hydrogen) atoms. The van der Waals surface area contributed by atoms with E-state index in [9.17, 15) is 9.18 Å². The van der Waals surface area contributed by atoms with E-state index >= 15 is 0 Å². The maximum Gasteiger partial charge on any atom is 0.345 e. The molecule has 5 heteroatoms. The molecule has 0 aliphatic heterocycles. The molecule has 0 saturated carbocycles. The van der Waals surface area contributed by atoms with E-state index in [1.165, 1.54) is 12.1 Å². The van der Waals surface area contributed by atoms with Crippen LogP contribution >= 0.6 is 15.9 Å². The first-order valence-electron chi connectivity index (χ1n) is 4.75. The van der Waals surface area contributed by atoms with E-state index in [-0.39, 0.29) is 11.7 Å². The van der Waals surface area contributed by atoms with Gasteiger partial charge in [-0.15, -0.1) is 0 Å². The van der Waals surface area contributed by atoms with Crippen molar-refractivity contribution >= 4 is 21.9 Å². The average Bonchev–Trinajstić information content (AvgIpc) is 2.11. The summed E-state index contributed by atoms with van der Waals surface area (Å²) in [6, 6.07) is 3.96. The van der Waals surface area contributed by atoms with Gasteiger partial charge < -0.3 is 9.84 Å². The molecular formula is C11H12BrFO3. The normalized spacial score (nSPS) is 12.6. The standard InChI is InChI=1S/C11H12BrFO3/c1-6(2)10(11(14)15)16-9-4-7(12)3-8(13)5-9/h3-6,10H,1-2H3,(H,14,15). The predicted octanol–water partition coefficient (Wildman–Crippen LogP) is 3.08. The van der Waals surface area contributed by atoms with Crippen LogP contribution in [0, 0.1) is 11.7 Å². The predicted molar refractivity (Wildman–Crippen MR) is 61.0 cm³/mol. The van der Waals surface area contributed by atoms with Gasteiger partial charge in [0.15, 0.2) is 6.10 Å². The van der Waals surface area contributed by atoms with Crippen molar-refractivity contribution < 1.29 is 19.0 Å². The molecule has 0 saturated heterocycles. The average molecular weight is 291 g/mol. The minimum Gasteiger partial charge on any atom is -0.478 e. The number of rotatable bonds is 4. The summed E-state index contributed by atoms with van der Waals surface area (Å²) in [5, 5.41) is 8.91. The number of hydrogen-bond acceptors (Lipinski definition) is 2. The monoisotopic (exact) mass is 290 g/mol. The number of benzene rings is 1. The molecule has 0 radical (unpaired) electrons. The highest BCUT2D eigenvalue weighted by molar-refractivity contribution is 9.10. The van der Waals surface area contributed by atoms with Crippen LogP contribution in [0.4, 0.5) is 4.39 Å². The van der Waals surface area contributed by atoms with Crippen LogP contribution < -0.4 is 4.74 Å². The van der Waals surface area contributed by atoms with Gasteiger partial charge in [-0.25, -0.2) is 9.18 Å². The Kier molecular flexibility index (Phi) is 4.29. The smallest absolute Gasteiger partial charge is 0.345 e. The van der Waals surface area contributed by atoms with E-state index in [2.05, 4.69) is 15.9 Å². The minimum atomic E-state index is -1.06. The molecule has 1 unspecified atom stereocenters. The SMILES string of the molecule is CC(C)C(Oc1cc(F)cc(Br)c1)C(=O)O. The lowest BCUT2D eigenvalue weighted by molar-refractivity contribution is -0.147. The highest BCUT2D eigenvalue weighted by Gasteiger charge is 2.23. The quantitative estimate of drug-likeness (QED) is 0.927. The summed E-state index contributed by atoms with van der Waals surface area (Å²) in [6.45, 7) is 3.46. The van der Waals surface area contributed by atoms with Gasteiger partial charge in [0.2, 0.25) is 0 Å². The third-order valence-corrected chi connectivity index (χ3v) is 2.41. The van der Waals surface area contributed by atoms with Gasteiger partial charge in [-0.2, -0.15) is 0 Å². The first-order valence-corrected chi connectivity index (χ1v) is 5.55. The molecule has 3 nitrogen and oxygen atoms in total. The molecule has 88 valence electrons. The number of carbonyl (C=O) groups is 1. The first-order chi connectivity index (χ1) is 7.40. The lowest BCUT2D eigenvalue weighted by atomic mass is 10.1. The van der Waals surface area contributed by atoms with Crippen molar-refractivity contribution in [3.8, 4) is 5.75 Å². The fourth-order valence-corrected chi connectivity index (χ4v) is 1.66. The molecule has 0 aliphatic carbocycles. The molecule has 0 aliphatic rings. The first kappa shape index (κ1) is 13.0. The highest BCUT2D eigenvalue weighted by atomic mass is 79.9. The lowest BCUT2D eigenvalue weighted by Crippen LogP contribution is -2.32. The van der Waals surface area contributed by atoms with Gasteiger partial charge in [0.05, 0.1) is 0 Å². The Hall–Kier alpha value is -1.10. The molecule has 0 amide bonds. The summed E-state index contributed by atoms with van der Waals surface area (Å²) in [7, 11) is 0. The summed E-state index contributed by atoms with van der Waals surface area (Å²) in [4.78, 5) is 10.9. The van der Waals surface area contributed by atoms with Crippen molar-refractivity contribution in [1.29, 1.82) is 0 Å². The van der Waals surface area contributed by atoms with Crippen LogP contribution in [0.3, 0.4) is 0 Å². The van der Waals surface area contributed by atoms with Crippen molar-refractivity contribution in [2.75, 3.05) is 0 Å². The zero-order valence-corrected chi connectivity index (χ0v) is 10.5. The summed E-state index contributed by atoms with van der Waals surface area (Å²) in [5.74, 6) is -1.53. The van der Waals surface area contributed by atoms with E-state index in [1.54, 1.807) is 13.8 Å². The van der Waals surface area contributed by atoms with Gasteiger partial charge in [-0.1, -0.05) is 29.8 Å². The Morgan fingerprint density at radius 2 is 2.06 bits per heavy atom. The van der Waals surface area contributed by atoms with Crippen LogP contribution in [0.15, 0.2) is 22.7 Å². The second-order valence-electron chi connectivity index (χ2n) is 3.73. The largest absolute Gasteiger partial charge is 0.478 e. The molecule has 1 N–H and O–H groups in total. The van der Waals surface area contributed by atoms with Crippen LogP contribution in [0.2, 0.25) is 0 Å². The third kappa shape index (κ3) is 3.48.